The van der Waals surface area contributed by atoms with Crippen molar-refractivity contribution in [2.24, 2.45) is 0 Å². The Kier molecular flexibility index (Phi) is 5.30. The van der Waals surface area contributed by atoms with Crippen LogP contribution in [0.5, 0.6) is 0 Å². The van der Waals surface area contributed by atoms with Crippen LogP contribution in [0.15, 0.2) is 47.5 Å². The lowest BCUT2D eigenvalue weighted by Crippen LogP contribution is -2.30. The molecule has 0 spiro atoms. The first-order valence-electron chi connectivity index (χ1n) is 8.14. The Labute approximate surface area is 151 Å². The number of nitro benzene ring substituents is 1. The van der Waals surface area contributed by atoms with E-state index in [0.717, 1.165) is 11.8 Å². The molecule has 9 heteroatoms. The van der Waals surface area contributed by atoms with E-state index in [1.807, 2.05) is 18.2 Å². The van der Waals surface area contributed by atoms with Gasteiger partial charge in [0.25, 0.3) is 5.69 Å². The van der Waals surface area contributed by atoms with Crippen molar-refractivity contribution in [3.05, 3.63) is 64.0 Å². The Bertz CT molecular complexity index is 902. The number of pyridine rings is 1. The molecule has 0 N–H and O–H groups in total. The van der Waals surface area contributed by atoms with Gasteiger partial charge in [0.2, 0.25) is 10.0 Å². The molecule has 1 aromatic heterocycles. The van der Waals surface area contributed by atoms with Crippen molar-refractivity contribution in [1.29, 1.82) is 0 Å². The molecule has 0 amide bonds. The number of rotatable bonds is 6. The highest BCUT2D eigenvalue weighted by Crippen LogP contribution is 2.27. The zero-order chi connectivity index (χ0) is 18.7. The van der Waals surface area contributed by atoms with Gasteiger partial charge >= 0.3 is 0 Å². The summed E-state index contributed by atoms with van der Waals surface area (Å²) < 4.78 is 32.6. The molecular formula is C17H19N3O5S. The van der Waals surface area contributed by atoms with Gasteiger partial charge in [-0.05, 0) is 31.5 Å². The monoisotopic (exact) mass is 377 g/mol. The van der Waals surface area contributed by atoms with E-state index in [4.69, 9.17) is 4.74 Å². The van der Waals surface area contributed by atoms with Gasteiger partial charge in [0.1, 0.15) is 0 Å². The number of aryl methyl sites for hydroxylation is 1. The maximum absolute atomic E-state index is 12.8. The lowest BCUT2D eigenvalue weighted by molar-refractivity contribution is -0.385. The highest BCUT2D eigenvalue weighted by Gasteiger charge is 2.34. The molecule has 0 radical (unpaired) electrons. The Morgan fingerprint density at radius 1 is 1.35 bits per heavy atom. The van der Waals surface area contributed by atoms with Gasteiger partial charge in [-0.25, -0.2) is 8.42 Å². The predicted octanol–water partition coefficient (Wildman–Crippen LogP) is 2.28. The molecular weight excluding hydrogens is 358 g/mol. The molecule has 2 heterocycles. The highest BCUT2D eigenvalue weighted by molar-refractivity contribution is 7.89. The molecule has 1 aliphatic rings. The Morgan fingerprint density at radius 3 is 2.85 bits per heavy atom. The van der Waals surface area contributed by atoms with Gasteiger partial charge in [-0.15, -0.1) is 0 Å². The number of hydrogen-bond donors (Lipinski definition) is 0. The first kappa shape index (κ1) is 18.4. The summed E-state index contributed by atoms with van der Waals surface area (Å²) >= 11 is 0. The summed E-state index contributed by atoms with van der Waals surface area (Å²) in [7, 11) is -3.79. The van der Waals surface area contributed by atoms with Crippen molar-refractivity contribution in [2.45, 2.75) is 31.0 Å². The largest absolute Gasteiger partial charge is 0.371 e. The molecule has 1 atom stereocenters. The van der Waals surface area contributed by atoms with Crippen LogP contribution in [0.3, 0.4) is 0 Å². The molecule has 0 aliphatic carbocycles. The number of nitro groups is 1. The van der Waals surface area contributed by atoms with Crippen molar-refractivity contribution in [2.75, 3.05) is 13.1 Å². The first-order chi connectivity index (χ1) is 12.4. The van der Waals surface area contributed by atoms with E-state index in [0.29, 0.717) is 25.1 Å². The molecule has 26 heavy (non-hydrogen) atoms. The van der Waals surface area contributed by atoms with Crippen molar-refractivity contribution < 1.29 is 18.1 Å². The number of aromatic nitrogens is 1. The van der Waals surface area contributed by atoms with Gasteiger partial charge in [0.05, 0.1) is 28.2 Å². The summed E-state index contributed by atoms with van der Waals surface area (Å²) in [6.07, 6.45) is 2.02. The van der Waals surface area contributed by atoms with Gasteiger partial charge in [-0.2, -0.15) is 4.31 Å². The quantitative estimate of drug-likeness (QED) is 0.565. The first-order valence-corrected chi connectivity index (χ1v) is 9.58. The van der Waals surface area contributed by atoms with E-state index >= 15 is 0 Å². The van der Waals surface area contributed by atoms with E-state index < -0.39 is 14.9 Å². The molecule has 0 saturated carbocycles. The molecule has 1 aliphatic heterocycles. The molecule has 1 fully saturated rings. The van der Waals surface area contributed by atoms with Crippen LogP contribution in [0.4, 0.5) is 5.69 Å². The third-order valence-electron chi connectivity index (χ3n) is 4.32. The van der Waals surface area contributed by atoms with Crippen LogP contribution < -0.4 is 0 Å². The number of sulfonamides is 1. The smallest absolute Gasteiger partial charge is 0.273 e. The summed E-state index contributed by atoms with van der Waals surface area (Å²) in [5.74, 6) is 0. The van der Waals surface area contributed by atoms with Crippen molar-refractivity contribution in [3.63, 3.8) is 0 Å². The van der Waals surface area contributed by atoms with Crippen LogP contribution in [0.1, 0.15) is 17.7 Å². The van der Waals surface area contributed by atoms with Gasteiger partial charge in [0.15, 0.2) is 0 Å². The second-order valence-electron chi connectivity index (χ2n) is 6.11. The summed E-state index contributed by atoms with van der Waals surface area (Å²) in [6.45, 7) is 2.43. The molecule has 1 unspecified atom stereocenters. The maximum atomic E-state index is 12.8. The van der Waals surface area contributed by atoms with Crippen LogP contribution in [-0.2, 0) is 21.4 Å². The van der Waals surface area contributed by atoms with E-state index in [1.165, 1.54) is 16.4 Å². The summed E-state index contributed by atoms with van der Waals surface area (Å²) in [5, 5.41) is 11.1. The van der Waals surface area contributed by atoms with E-state index in [1.54, 1.807) is 13.1 Å². The summed E-state index contributed by atoms with van der Waals surface area (Å²) in [5.41, 5.74) is 1.00. The van der Waals surface area contributed by atoms with Crippen molar-refractivity contribution in [1.82, 2.24) is 9.29 Å². The Hall–Kier alpha value is -2.36. The molecule has 3 rings (SSSR count). The molecule has 1 aromatic carbocycles. The number of benzene rings is 1. The van der Waals surface area contributed by atoms with Crippen LogP contribution in [0.25, 0.3) is 0 Å². The average Bonchev–Trinajstić information content (AvgIpc) is 3.10. The maximum Gasteiger partial charge on any atom is 0.273 e. The van der Waals surface area contributed by atoms with Crippen LogP contribution >= 0.6 is 0 Å². The second-order valence-corrected chi connectivity index (χ2v) is 8.05. The zero-order valence-electron chi connectivity index (χ0n) is 14.2. The van der Waals surface area contributed by atoms with E-state index in [9.17, 15) is 18.5 Å². The van der Waals surface area contributed by atoms with Gasteiger partial charge in [-0.1, -0.05) is 12.1 Å². The van der Waals surface area contributed by atoms with E-state index in [2.05, 4.69) is 4.98 Å². The number of ether oxygens (including phenoxy) is 1. The Balaban J connectivity index is 1.69. The minimum Gasteiger partial charge on any atom is -0.371 e. The second kappa shape index (κ2) is 7.48. The standard InChI is InChI=1S/C17H19N3O5S/c1-13-5-6-16(10-17(13)20(21)22)26(23,24)19-9-7-15(11-19)25-12-14-4-2-3-8-18-14/h2-6,8,10,15H,7,9,11-12H2,1H3. The normalized spacial score (nSPS) is 18.1. The minimum atomic E-state index is -3.79. The fourth-order valence-electron chi connectivity index (χ4n) is 2.83. The fraction of sp³-hybridized carbons (Fsp3) is 0.353. The zero-order valence-corrected chi connectivity index (χ0v) is 15.1. The topological polar surface area (TPSA) is 103 Å². The molecule has 8 nitrogen and oxygen atoms in total. The highest BCUT2D eigenvalue weighted by atomic mass is 32.2. The van der Waals surface area contributed by atoms with Gasteiger partial charge < -0.3 is 4.74 Å². The number of hydrogen-bond acceptors (Lipinski definition) is 6. The summed E-state index contributed by atoms with van der Waals surface area (Å²) in [4.78, 5) is 14.6. The fourth-order valence-corrected chi connectivity index (χ4v) is 4.34. The van der Waals surface area contributed by atoms with Crippen LogP contribution in [0, 0.1) is 17.0 Å². The molecule has 138 valence electrons. The van der Waals surface area contributed by atoms with Gasteiger partial charge in [0, 0.05) is 30.9 Å². The van der Waals surface area contributed by atoms with E-state index in [-0.39, 0.29) is 23.2 Å². The summed E-state index contributed by atoms with van der Waals surface area (Å²) in [6, 6.07) is 9.49. The lowest BCUT2D eigenvalue weighted by atomic mass is 10.2. The van der Waals surface area contributed by atoms with Crippen molar-refractivity contribution >= 4 is 15.7 Å². The predicted molar refractivity (Wildman–Crippen MR) is 94.0 cm³/mol. The number of nitrogens with zero attached hydrogens (tertiary/aromatic N) is 3. The van der Waals surface area contributed by atoms with Crippen LogP contribution in [-0.4, -0.2) is 41.8 Å². The van der Waals surface area contributed by atoms with Crippen LogP contribution in [0.2, 0.25) is 0 Å². The molecule has 2 aromatic rings. The van der Waals surface area contributed by atoms with Gasteiger partial charge in [-0.3, -0.25) is 15.1 Å². The third-order valence-corrected chi connectivity index (χ3v) is 6.18. The Morgan fingerprint density at radius 2 is 2.15 bits per heavy atom. The molecule has 1 saturated heterocycles. The lowest BCUT2D eigenvalue weighted by Gasteiger charge is -2.17. The molecule has 0 bridgehead atoms. The SMILES string of the molecule is Cc1ccc(S(=O)(=O)N2CCC(OCc3ccccn3)C2)cc1[N+](=O)[O-]. The third kappa shape index (κ3) is 3.90. The minimum absolute atomic E-state index is 0.0693. The van der Waals surface area contributed by atoms with Crippen molar-refractivity contribution in [3.8, 4) is 0 Å². The average molecular weight is 377 g/mol.